The molecule has 23 heavy (non-hydrogen) atoms. The highest BCUT2D eigenvalue weighted by molar-refractivity contribution is 5.85. The lowest BCUT2D eigenvalue weighted by Gasteiger charge is -2.16. The molecule has 4 nitrogen and oxygen atoms in total. The first kappa shape index (κ1) is 19.3. The van der Waals surface area contributed by atoms with Crippen molar-refractivity contribution < 1.29 is 9.47 Å². The highest BCUT2D eigenvalue weighted by Crippen LogP contribution is 2.31. The Balaban J connectivity index is 0.00000264. The Bertz CT molecular complexity index is 578. The van der Waals surface area contributed by atoms with Gasteiger partial charge >= 0.3 is 0 Å². The molecule has 2 rings (SSSR count). The molecule has 0 saturated carbocycles. The van der Waals surface area contributed by atoms with E-state index >= 15 is 0 Å². The summed E-state index contributed by atoms with van der Waals surface area (Å²) in [5.41, 5.74) is 13.8. The highest BCUT2D eigenvalue weighted by Gasteiger charge is 2.11. The zero-order valence-electron chi connectivity index (χ0n) is 13.4. The zero-order valence-corrected chi connectivity index (χ0v) is 14.2. The lowest BCUT2D eigenvalue weighted by atomic mass is 10.0. The normalized spacial score (nSPS) is 11.4. The molecule has 1 atom stereocenters. The molecule has 0 aliphatic rings. The Hall–Kier alpha value is -1.75. The Kier molecular flexibility index (Phi) is 8.48. The molecule has 0 aliphatic carbocycles. The second kappa shape index (κ2) is 10.1. The van der Waals surface area contributed by atoms with E-state index in [1.54, 1.807) is 0 Å². The van der Waals surface area contributed by atoms with E-state index < -0.39 is 0 Å². The molecule has 2 aromatic rings. The summed E-state index contributed by atoms with van der Waals surface area (Å²) >= 11 is 0. The molecule has 0 saturated heterocycles. The maximum absolute atomic E-state index is 6.11. The Morgan fingerprint density at radius 3 is 2.39 bits per heavy atom. The third-order valence-electron chi connectivity index (χ3n) is 3.41. The minimum absolute atomic E-state index is 0. The number of nitrogens with two attached hydrogens (primary N) is 2. The average Bonchev–Trinajstić information content (AvgIpc) is 2.55. The molecule has 0 aliphatic heterocycles. The van der Waals surface area contributed by atoms with Crippen LogP contribution in [-0.4, -0.2) is 13.2 Å². The van der Waals surface area contributed by atoms with Gasteiger partial charge in [0.2, 0.25) is 0 Å². The van der Waals surface area contributed by atoms with Crippen LogP contribution in [0.5, 0.6) is 11.5 Å². The molecule has 5 heteroatoms. The van der Waals surface area contributed by atoms with Gasteiger partial charge in [-0.2, -0.15) is 0 Å². The summed E-state index contributed by atoms with van der Waals surface area (Å²) in [6, 6.07) is 15.8. The first-order valence-corrected chi connectivity index (χ1v) is 7.63. The first-order chi connectivity index (χ1) is 10.7. The van der Waals surface area contributed by atoms with Crippen LogP contribution in [0.3, 0.4) is 0 Å². The number of hydrogen-bond donors (Lipinski definition) is 2. The van der Waals surface area contributed by atoms with Crippen LogP contribution < -0.4 is 20.9 Å². The minimum atomic E-state index is -0.0765. The molecule has 0 unspecified atom stereocenters. The van der Waals surface area contributed by atoms with Crippen molar-refractivity contribution in [2.24, 2.45) is 11.5 Å². The fourth-order valence-corrected chi connectivity index (χ4v) is 2.22. The zero-order chi connectivity index (χ0) is 15.8. The number of rotatable bonds is 8. The van der Waals surface area contributed by atoms with Gasteiger partial charge in [0, 0.05) is 6.04 Å². The summed E-state index contributed by atoms with van der Waals surface area (Å²) in [7, 11) is 0. The van der Waals surface area contributed by atoms with Gasteiger partial charge in [-0.1, -0.05) is 36.4 Å². The largest absolute Gasteiger partial charge is 0.490 e. The van der Waals surface area contributed by atoms with Crippen molar-refractivity contribution in [2.45, 2.75) is 26.0 Å². The van der Waals surface area contributed by atoms with E-state index in [1.807, 2.05) is 55.5 Å². The van der Waals surface area contributed by atoms with Crippen molar-refractivity contribution in [3.05, 3.63) is 59.7 Å². The predicted octanol–water partition coefficient (Wildman–Crippen LogP) is 3.43. The van der Waals surface area contributed by atoms with Gasteiger partial charge < -0.3 is 20.9 Å². The van der Waals surface area contributed by atoms with Gasteiger partial charge in [0.25, 0.3) is 0 Å². The maximum atomic E-state index is 6.11. The smallest absolute Gasteiger partial charge is 0.161 e. The molecule has 126 valence electrons. The van der Waals surface area contributed by atoms with Crippen LogP contribution in [0.15, 0.2) is 48.5 Å². The van der Waals surface area contributed by atoms with Crippen molar-refractivity contribution in [1.29, 1.82) is 0 Å². The predicted molar refractivity (Wildman–Crippen MR) is 96.2 cm³/mol. The summed E-state index contributed by atoms with van der Waals surface area (Å²) < 4.78 is 11.6. The summed E-state index contributed by atoms with van der Waals surface area (Å²) in [6.45, 7) is 3.61. The van der Waals surface area contributed by atoms with E-state index in [0.717, 1.165) is 29.0 Å². The van der Waals surface area contributed by atoms with E-state index in [1.165, 1.54) is 0 Å². The van der Waals surface area contributed by atoms with Crippen molar-refractivity contribution in [3.63, 3.8) is 0 Å². The third-order valence-corrected chi connectivity index (χ3v) is 3.41. The fraction of sp³-hybridized carbons (Fsp3) is 0.333. The molecule has 0 radical (unpaired) electrons. The molecule has 0 amide bonds. The SMILES string of the molecule is CCOc1cc([C@H](N)CCN)ccc1OCc1ccccc1.Cl. The Labute approximate surface area is 144 Å². The van der Waals surface area contributed by atoms with E-state index in [0.29, 0.717) is 19.8 Å². The molecule has 2 aromatic carbocycles. The van der Waals surface area contributed by atoms with Crippen LogP contribution in [-0.2, 0) is 6.61 Å². The van der Waals surface area contributed by atoms with Crippen molar-refractivity contribution in [1.82, 2.24) is 0 Å². The van der Waals surface area contributed by atoms with E-state index in [2.05, 4.69) is 0 Å². The summed E-state index contributed by atoms with van der Waals surface area (Å²) in [4.78, 5) is 0. The number of ether oxygens (including phenoxy) is 2. The van der Waals surface area contributed by atoms with Gasteiger partial charge in [0.1, 0.15) is 6.61 Å². The van der Waals surface area contributed by atoms with E-state index in [9.17, 15) is 0 Å². The van der Waals surface area contributed by atoms with Crippen LogP contribution >= 0.6 is 12.4 Å². The topological polar surface area (TPSA) is 70.5 Å². The van der Waals surface area contributed by atoms with Gasteiger partial charge in [-0.05, 0) is 43.1 Å². The molecule has 0 bridgehead atoms. The molecular weight excluding hydrogens is 312 g/mol. The average molecular weight is 337 g/mol. The summed E-state index contributed by atoms with van der Waals surface area (Å²) in [6.07, 6.45) is 0.746. The fourth-order valence-electron chi connectivity index (χ4n) is 2.22. The molecular formula is C18H25ClN2O2. The Morgan fingerprint density at radius 2 is 1.74 bits per heavy atom. The second-order valence-electron chi connectivity index (χ2n) is 5.10. The highest BCUT2D eigenvalue weighted by atomic mass is 35.5. The Morgan fingerprint density at radius 1 is 1.00 bits per heavy atom. The van der Waals surface area contributed by atoms with Gasteiger partial charge in [-0.3, -0.25) is 0 Å². The minimum Gasteiger partial charge on any atom is -0.490 e. The lowest BCUT2D eigenvalue weighted by Crippen LogP contribution is -2.15. The van der Waals surface area contributed by atoms with Crippen LogP contribution in [0.2, 0.25) is 0 Å². The number of hydrogen-bond acceptors (Lipinski definition) is 4. The maximum Gasteiger partial charge on any atom is 0.161 e. The standard InChI is InChI=1S/C18H24N2O2.ClH/c1-2-21-18-12-15(16(20)10-11-19)8-9-17(18)22-13-14-6-4-3-5-7-14;/h3-9,12,16H,2,10-11,13,19-20H2,1H3;1H/t16-;/m1./s1. The molecule has 0 aromatic heterocycles. The van der Waals surface area contributed by atoms with Crippen molar-refractivity contribution in [3.8, 4) is 11.5 Å². The van der Waals surface area contributed by atoms with Crippen molar-refractivity contribution in [2.75, 3.05) is 13.2 Å². The number of benzene rings is 2. The van der Waals surface area contributed by atoms with Crippen molar-refractivity contribution >= 4 is 12.4 Å². The second-order valence-corrected chi connectivity index (χ2v) is 5.10. The quantitative estimate of drug-likeness (QED) is 0.774. The molecule has 0 fully saturated rings. The van der Waals surface area contributed by atoms with Crippen LogP contribution in [0.25, 0.3) is 0 Å². The molecule has 0 heterocycles. The lowest BCUT2D eigenvalue weighted by molar-refractivity contribution is 0.269. The van der Waals surface area contributed by atoms with Crippen LogP contribution in [0.1, 0.15) is 30.5 Å². The van der Waals surface area contributed by atoms with Crippen LogP contribution in [0, 0.1) is 0 Å². The summed E-state index contributed by atoms with van der Waals surface area (Å²) in [5, 5.41) is 0. The summed E-state index contributed by atoms with van der Waals surface area (Å²) in [5.74, 6) is 1.46. The first-order valence-electron chi connectivity index (χ1n) is 7.63. The molecule has 4 N–H and O–H groups in total. The van der Waals surface area contributed by atoms with E-state index in [-0.39, 0.29) is 18.4 Å². The molecule has 0 spiro atoms. The third kappa shape index (κ3) is 5.75. The monoisotopic (exact) mass is 336 g/mol. The van der Waals surface area contributed by atoms with Crippen LogP contribution in [0.4, 0.5) is 0 Å². The van der Waals surface area contributed by atoms with Gasteiger partial charge in [0.05, 0.1) is 6.61 Å². The van der Waals surface area contributed by atoms with Gasteiger partial charge in [-0.15, -0.1) is 12.4 Å². The number of halogens is 1. The van der Waals surface area contributed by atoms with Gasteiger partial charge in [-0.25, -0.2) is 0 Å². The van der Waals surface area contributed by atoms with E-state index in [4.69, 9.17) is 20.9 Å². The van der Waals surface area contributed by atoms with Gasteiger partial charge in [0.15, 0.2) is 11.5 Å².